The molecule has 0 saturated carbocycles. The molecular weight excluding hydrogens is 378 g/mol. The maximum absolute atomic E-state index is 12.1. The predicted octanol–water partition coefficient (Wildman–Crippen LogP) is 2.09. The third-order valence-electron chi connectivity index (χ3n) is 4.57. The average molecular weight is 397 g/mol. The third-order valence-corrected chi connectivity index (χ3v) is 4.57. The second-order valence-electron chi connectivity index (χ2n) is 6.57. The summed E-state index contributed by atoms with van der Waals surface area (Å²) in [6.07, 6.45) is 4.15. The Morgan fingerprint density at radius 2 is 1.59 bits per heavy atom. The highest BCUT2D eigenvalue weighted by molar-refractivity contribution is 5.96. The molecule has 9 heteroatoms. The molecule has 150 valence electrons. The van der Waals surface area contributed by atoms with Crippen LogP contribution in [0.4, 0.5) is 5.69 Å². The molecule has 0 saturated heterocycles. The number of nitro groups is 1. The van der Waals surface area contributed by atoms with Gasteiger partial charge in [-0.1, -0.05) is 6.07 Å². The van der Waals surface area contributed by atoms with E-state index in [1.165, 1.54) is 29.8 Å². The number of hydrazine groups is 1. The normalized spacial score (nSPS) is 12.4. The second kappa shape index (κ2) is 8.96. The topological polar surface area (TPSA) is 128 Å². The number of hydrogen-bond donors (Lipinski definition) is 2. The minimum Gasteiger partial charge on any atom is -0.452 e. The summed E-state index contributed by atoms with van der Waals surface area (Å²) in [5.41, 5.74) is 7.00. The van der Waals surface area contributed by atoms with Crippen molar-refractivity contribution in [1.82, 2.24) is 10.9 Å². The Hall–Kier alpha value is -3.75. The fraction of sp³-hybridized carbons (Fsp3) is 0.250. The Kier molecular flexibility index (Phi) is 6.18. The van der Waals surface area contributed by atoms with Gasteiger partial charge in [0.2, 0.25) is 0 Å². The summed E-state index contributed by atoms with van der Waals surface area (Å²) in [5, 5.41) is 10.6. The quantitative estimate of drug-likeness (QED) is 0.452. The number of esters is 1. The van der Waals surface area contributed by atoms with Crippen LogP contribution in [0.15, 0.2) is 42.5 Å². The zero-order chi connectivity index (χ0) is 20.8. The molecule has 0 bridgehead atoms. The maximum atomic E-state index is 12.1. The summed E-state index contributed by atoms with van der Waals surface area (Å²) >= 11 is 0. The van der Waals surface area contributed by atoms with Gasteiger partial charge in [0.05, 0.1) is 10.5 Å². The van der Waals surface area contributed by atoms with Gasteiger partial charge in [0.25, 0.3) is 17.5 Å². The number of aryl methyl sites for hydroxylation is 2. The molecule has 0 aromatic heterocycles. The van der Waals surface area contributed by atoms with E-state index < -0.39 is 29.3 Å². The van der Waals surface area contributed by atoms with Crippen LogP contribution in [0.3, 0.4) is 0 Å². The van der Waals surface area contributed by atoms with Crippen LogP contribution in [-0.4, -0.2) is 29.3 Å². The summed E-state index contributed by atoms with van der Waals surface area (Å²) in [6.45, 7) is -0.559. The van der Waals surface area contributed by atoms with Gasteiger partial charge in [0, 0.05) is 17.7 Å². The molecule has 0 heterocycles. The number of rotatable bonds is 5. The van der Waals surface area contributed by atoms with Crippen LogP contribution in [-0.2, 0) is 22.4 Å². The lowest BCUT2D eigenvalue weighted by atomic mass is 9.90. The van der Waals surface area contributed by atoms with Crippen molar-refractivity contribution in [2.45, 2.75) is 25.7 Å². The zero-order valence-corrected chi connectivity index (χ0v) is 15.5. The number of carbonyl (C=O) groups is 3. The van der Waals surface area contributed by atoms with Gasteiger partial charge in [-0.2, -0.15) is 0 Å². The standard InChI is InChI=1S/C20H19N3O6/c24-18(21-22-19(25)14-7-9-17(10-8-14)23(27)28)12-29-20(26)16-6-5-13-3-1-2-4-15(13)11-16/h5-11H,1-4,12H2,(H,21,24)(H,22,25). The monoisotopic (exact) mass is 397 g/mol. The van der Waals surface area contributed by atoms with E-state index in [4.69, 9.17) is 4.74 Å². The average Bonchev–Trinajstić information content (AvgIpc) is 2.75. The number of benzene rings is 2. The van der Waals surface area contributed by atoms with Gasteiger partial charge in [0.1, 0.15) is 0 Å². The van der Waals surface area contributed by atoms with Crippen molar-refractivity contribution in [2.75, 3.05) is 6.61 Å². The molecule has 9 nitrogen and oxygen atoms in total. The molecule has 0 fully saturated rings. The van der Waals surface area contributed by atoms with Gasteiger partial charge >= 0.3 is 5.97 Å². The lowest BCUT2D eigenvalue weighted by Crippen LogP contribution is -2.43. The summed E-state index contributed by atoms with van der Waals surface area (Å²) in [5.74, 6) is -1.99. The zero-order valence-electron chi connectivity index (χ0n) is 15.5. The summed E-state index contributed by atoms with van der Waals surface area (Å²) in [7, 11) is 0. The number of nitrogens with zero attached hydrogens (tertiary/aromatic N) is 1. The van der Waals surface area contributed by atoms with E-state index >= 15 is 0 Å². The molecule has 0 atom stereocenters. The number of ether oxygens (including phenoxy) is 1. The summed E-state index contributed by atoms with van der Waals surface area (Å²) in [6, 6.07) is 10.3. The van der Waals surface area contributed by atoms with E-state index in [1.807, 2.05) is 6.07 Å². The SMILES string of the molecule is O=C(COC(=O)c1ccc2c(c1)CCCC2)NNC(=O)c1ccc([N+](=O)[O-])cc1. The molecule has 1 aliphatic rings. The lowest BCUT2D eigenvalue weighted by molar-refractivity contribution is -0.384. The first-order valence-corrected chi connectivity index (χ1v) is 9.06. The maximum Gasteiger partial charge on any atom is 0.338 e. The minimum absolute atomic E-state index is 0.127. The van der Waals surface area contributed by atoms with E-state index in [2.05, 4.69) is 10.9 Å². The van der Waals surface area contributed by atoms with Gasteiger partial charge < -0.3 is 4.74 Å². The summed E-state index contributed by atoms with van der Waals surface area (Å²) in [4.78, 5) is 45.9. The molecule has 2 amide bonds. The van der Waals surface area contributed by atoms with Gasteiger partial charge in [-0.15, -0.1) is 0 Å². The van der Waals surface area contributed by atoms with Crippen LogP contribution < -0.4 is 10.9 Å². The van der Waals surface area contributed by atoms with Crippen LogP contribution in [0.1, 0.15) is 44.7 Å². The Labute approximate surface area is 166 Å². The third kappa shape index (κ3) is 5.16. The van der Waals surface area contributed by atoms with Crippen molar-refractivity contribution in [3.05, 3.63) is 74.8 Å². The molecule has 29 heavy (non-hydrogen) atoms. The van der Waals surface area contributed by atoms with Crippen molar-refractivity contribution in [2.24, 2.45) is 0 Å². The first kappa shape index (κ1) is 20.0. The molecular formula is C20H19N3O6. The Balaban J connectivity index is 1.46. The van der Waals surface area contributed by atoms with E-state index in [0.29, 0.717) is 5.56 Å². The predicted molar refractivity (Wildman–Crippen MR) is 102 cm³/mol. The van der Waals surface area contributed by atoms with E-state index in [9.17, 15) is 24.5 Å². The number of amides is 2. The molecule has 1 aliphatic carbocycles. The second-order valence-corrected chi connectivity index (χ2v) is 6.57. The van der Waals surface area contributed by atoms with Crippen molar-refractivity contribution in [1.29, 1.82) is 0 Å². The minimum atomic E-state index is -0.716. The first-order chi connectivity index (χ1) is 13.9. The fourth-order valence-electron chi connectivity index (χ4n) is 3.04. The number of non-ortho nitro benzene ring substituents is 1. The molecule has 0 spiro atoms. The smallest absolute Gasteiger partial charge is 0.338 e. The highest BCUT2D eigenvalue weighted by Gasteiger charge is 2.15. The van der Waals surface area contributed by atoms with E-state index in [-0.39, 0.29) is 11.3 Å². The van der Waals surface area contributed by atoms with Crippen LogP contribution in [0, 0.1) is 10.1 Å². The number of nitro benzene ring substituents is 1. The van der Waals surface area contributed by atoms with Crippen molar-refractivity contribution >= 4 is 23.5 Å². The van der Waals surface area contributed by atoms with Gasteiger partial charge in [-0.05, 0) is 61.1 Å². The Bertz CT molecular complexity index is 955. The highest BCUT2D eigenvalue weighted by Crippen LogP contribution is 2.22. The fourth-order valence-corrected chi connectivity index (χ4v) is 3.04. The summed E-state index contributed by atoms with van der Waals surface area (Å²) < 4.78 is 4.98. The number of fused-ring (bicyclic) bond motifs is 1. The van der Waals surface area contributed by atoms with E-state index in [1.54, 1.807) is 12.1 Å². The van der Waals surface area contributed by atoms with Crippen LogP contribution in [0.5, 0.6) is 0 Å². The molecule has 2 N–H and O–H groups in total. The van der Waals surface area contributed by atoms with Crippen LogP contribution in [0.25, 0.3) is 0 Å². The van der Waals surface area contributed by atoms with Crippen LogP contribution >= 0.6 is 0 Å². The lowest BCUT2D eigenvalue weighted by Gasteiger charge is -2.16. The molecule has 0 radical (unpaired) electrons. The molecule has 2 aromatic rings. The van der Waals surface area contributed by atoms with Gasteiger partial charge in [0.15, 0.2) is 6.61 Å². The molecule has 0 unspecified atom stereocenters. The number of carbonyl (C=O) groups excluding carboxylic acids is 3. The highest BCUT2D eigenvalue weighted by atomic mass is 16.6. The number of hydrogen-bond acceptors (Lipinski definition) is 6. The van der Waals surface area contributed by atoms with Crippen LogP contribution in [0.2, 0.25) is 0 Å². The first-order valence-electron chi connectivity index (χ1n) is 9.06. The van der Waals surface area contributed by atoms with Crippen molar-refractivity contribution < 1.29 is 24.0 Å². The largest absolute Gasteiger partial charge is 0.452 e. The van der Waals surface area contributed by atoms with Gasteiger partial charge in [-0.25, -0.2) is 4.79 Å². The Morgan fingerprint density at radius 1 is 0.931 bits per heavy atom. The van der Waals surface area contributed by atoms with E-state index in [0.717, 1.165) is 31.2 Å². The van der Waals surface area contributed by atoms with Gasteiger partial charge in [-0.3, -0.25) is 30.6 Å². The van der Waals surface area contributed by atoms with Crippen molar-refractivity contribution in [3.8, 4) is 0 Å². The molecule has 0 aliphatic heterocycles. The number of nitrogens with one attached hydrogen (secondary N) is 2. The van der Waals surface area contributed by atoms with Crippen molar-refractivity contribution in [3.63, 3.8) is 0 Å². The Morgan fingerprint density at radius 3 is 2.28 bits per heavy atom. The molecule has 3 rings (SSSR count). The molecule has 2 aromatic carbocycles.